The fraction of sp³-hybridized carbons (Fsp3) is 0.259. The maximum Gasteiger partial charge on any atom is 0.340 e. The largest absolute Gasteiger partial charge is 0.495 e. The Bertz CT molecular complexity index is 1410. The lowest BCUT2D eigenvalue weighted by atomic mass is 10.1. The van der Waals surface area contributed by atoms with E-state index in [0.717, 1.165) is 0 Å². The second-order valence-corrected chi connectivity index (χ2v) is 9.93. The van der Waals surface area contributed by atoms with Crippen molar-refractivity contribution in [3.63, 3.8) is 0 Å². The Labute approximate surface area is 221 Å². The van der Waals surface area contributed by atoms with Gasteiger partial charge in [0.2, 0.25) is 15.9 Å². The lowest BCUT2D eigenvalue weighted by Crippen LogP contribution is -2.45. The number of hydrogen-bond donors (Lipinski definition) is 2. The Morgan fingerprint density at radius 1 is 0.842 bits per heavy atom. The Morgan fingerprint density at radius 3 is 2.08 bits per heavy atom. The van der Waals surface area contributed by atoms with E-state index in [1.807, 2.05) is 6.07 Å². The van der Waals surface area contributed by atoms with Gasteiger partial charge in [-0.05, 0) is 36.6 Å². The number of esters is 1. The molecule has 0 aliphatic rings. The predicted molar refractivity (Wildman–Crippen MR) is 142 cm³/mol. The quantitative estimate of drug-likeness (QED) is 0.353. The average molecular weight is 543 g/mol. The lowest BCUT2D eigenvalue weighted by molar-refractivity contribution is -0.117. The van der Waals surface area contributed by atoms with Crippen LogP contribution < -0.4 is 24.2 Å². The molecule has 1 unspecified atom stereocenters. The lowest BCUT2D eigenvalue weighted by Gasteiger charge is -2.21. The van der Waals surface area contributed by atoms with E-state index in [2.05, 4.69) is 10.0 Å². The van der Waals surface area contributed by atoms with Gasteiger partial charge < -0.3 is 24.3 Å². The van der Waals surface area contributed by atoms with Crippen molar-refractivity contribution in [1.82, 2.24) is 4.72 Å². The van der Waals surface area contributed by atoms with Gasteiger partial charge in [-0.1, -0.05) is 36.4 Å². The number of amides is 1. The molecule has 0 bridgehead atoms. The molecule has 38 heavy (non-hydrogen) atoms. The van der Waals surface area contributed by atoms with Gasteiger partial charge in [0.25, 0.3) is 0 Å². The number of nitrogens with one attached hydrogen (secondary N) is 2. The van der Waals surface area contributed by atoms with E-state index in [1.165, 1.54) is 46.6 Å². The van der Waals surface area contributed by atoms with Crippen LogP contribution in [-0.4, -0.2) is 54.8 Å². The van der Waals surface area contributed by atoms with E-state index in [0.29, 0.717) is 11.1 Å². The summed E-state index contributed by atoms with van der Waals surface area (Å²) in [5.41, 5.74) is 1.47. The highest BCUT2D eigenvalue weighted by atomic mass is 32.2. The van der Waals surface area contributed by atoms with Gasteiger partial charge in [-0.25, -0.2) is 13.2 Å². The molecule has 0 radical (unpaired) electrons. The zero-order valence-corrected chi connectivity index (χ0v) is 22.5. The predicted octanol–water partition coefficient (Wildman–Crippen LogP) is 3.34. The fourth-order valence-corrected chi connectivity index (χ4v) is 5.21. The van der Waals surface area contributed by atoms with Crippen LogP contribution in [0.2, 0.25) is 0 Å². The van der Waals surface area contributed by atoms with Crippen molar-refractivity contribution < 1.29 is 37.0 Å². The second-order valence-electron chi connectivity index (χ2n) is 8.25. The Kier molecular flexibility index (Phi) is 9.32. The molecule has 1 amide bonds. The molecular formula is C27H30N2O8S. The number of sulfonamides is 1. The molecule has 202 valence electrons. The highest BCUT2D eigenvalue weighted by Crippen LogP contribution is 2.34. The first-order chi connectivity index (χ1) is 18.1. The minimum absolute atomic E-state index is 0.000159. The van der Waals surface area contributed by atoms with Crippen LogP contribution in [0.4, 0.5) is 5.69 Å². The minimum Gasteiger partial charge on any atom is -0.495 e. The van der Waals surface area contributed by atoms with E-state index < -0.39 is 27.9 Å². The van der Waals surface area contributed by atoms with Gasteiger partial charge in [0.05, 0.1) is 39.7 Å². The third kappa shape index (κ3) is 6.61. The number of methoxy groups -OCH3 is 4. The van der Waals surface area contributed by atoms with Crippen molar-refractivity contribution in [2.24, 2.45) is 0 Å². The van der Waals surface area contributed by atoms with E-state index in [4.69, 9.17) is 18.9 Å². The molecule has 11 heteroatoms. The molecule has 0 aliphatic heterocycles. The molecule has 2 N–H and O–H groups in total. The maximum absolute atomic E-state index is 13.6. The summed E-state index contributed by atoms with van der Waals surface area (Å²) >= 11 is 0. The maximum atomic E-state index is 13.6. The second kappa shape index (κ2) is 12.4. The van der Waals surface area contributed by atoms with E-state index in [1.54, 1.807) is 43.3 Å². The summed E-state index contributed by atoms with van der Waals surface area (Å²) in [5, 5.41) is 2.65. The molecule has 1 atom stereocenters. The first kappa shape index (κ1) is 28.5. The summed E-state index contributed by atoms with van der Waals surface area (Å²) in [5.74, 6) is -0.804. The first-order valence-corrected chi connectivity index (χ1v) is 13.0. The summed E-state index contributed by atoms with van der Waals surface area (Å²) in [6.07, 6.45) is 0.0287. The molecule has 0 aromatic heterocycles. The molecule has 0 aliphatic carbocycles. The zero-order valence-electron chi connectivity index (χ0n) is 21.7. The van der Waals surface area contributed by atoms with Crippen LogP contribution >= 0.6 is 0 Å². The number of aryl methyl sites for hydroxylation is 1. The Morgan fingerprint density at radius 2 is 1.47 bits per heavy atom. The third-order valence-electron chi connectivity index (χ3n) is 5.69. The van der Waals surface area contributed by atoms with Crippen LogP contribution in [0.3, 0.4) is 0 Å². The topological polar surface area (TPSA) is 129 Å². The smallest absolute Gasteiger partial charge is 0.340 e. The first-order valence-electron chi connectivity index (χ1n) is 11.5. The van der Waals surface area contributed by atoms with Crippen molar-refractivity contribution >= 4 is 27.6 Å². The molecular weight excluding hydrogens is 512 g/mol. The number of carbonyl (C=O) groups is 2. The monoisotopic (exact) mass is 542 g/mol. The highest BCUT2D eigenvalue weighted by Gasteiger charge is 2.30. The molecule has 10 nitrogen and oxygen atoms in total. The van der Waals surface area contributed by atoms with Crippen LogP contribution in [0, 0.1) is 6.92 Å². The van der Waals surface area contributed by atoms with Crippen LogP contribution in [0.1, 0.15) is 21.5 Å². The molecule has 0 fully saturated rings. The third-order valence-corrected chi connectivity index (χ3v) is 7.18. The molecule has 3 aromatic rings. The van der Waals surface area contributed by atoms with Crippen molar-refractivity contribution in [2.45, 2.75) is 24.3 Å². The van der Waals surface area contributed by atoms with Gasteiger partial charge >= 0.3 is 5.97 Å². The summed E-state index contributed by atoms with van der Waals surface area (Å²) in [6.45, 7) is 1.75. The number of benzene rings is 3. The Balaban J connectivity index is 2.03. The number of carbonyl (C=O) groups excluding carboxylic acids is 2. The highest BCUT2D eigenvalue weighted by molar-refractivity contribution is 7.89. The average Bonchev–Trinajstić information content (AvgIpc) is 2.92. The minimum atomic E-state index is -4.21. The van der Waals surface area contributed by atoms with Crippen LogP contribution in [-0.2, 0) is 26.0 Å². The Hall–Kier alpha value is -4.09. The van der Waals surface area contributed by atoms with Crippen molar-refractivity contribution in [3.8, 4) is 17.2 Å². The summed E-state index contributed by atoms with van der Waals surface area (Å²) in [7, 11) is 1.17. The van der Waals surface area contributed by atoms with Gasteiger partial charge in [0, 0.05) is 12.1 Å². The molecule has 3 rings (SSSR count). The normalized spacial score (nSPS) is 11.8. The van der Waals surface area contributed by atoms with Crippen molar-refractivity contribution in [2.75, 3.05) is 33.8 Å². The molecule has 0 heterocycles. The van der Waals surface area contributed by atoms with Crippen LogP contribution in [0.15, 0.2) is 65.6 Å². The number of rotatable bonds is 11. The van der Waals surface area contributed by atoms with Gasteiger partial charge in [-0.15, -0.1) is 0 Å². The van der Waals surface area contributed by atoms with E-state index in [9.17, 15) is 18.0 Å². The van der Waals surface area contributed by atoms with Crippen LogP contribution in [0.25, 0.3) is 0 Å². The summed E-state index contributed by atoms with van der Waals surface area (Å²) < 4.78 is 50.1. The van der Waals surface area contributed by atoms with Gasteiger partial charge in [-0.2, -0.15) is 4.72 Å². The fourth-order valence-electron chi connectivity index (χ4n) is 3.76. The van der Waals surface area contributed by atoms with Crippen molar-refractivity contribution in [1.29, 1.82) is 0 Å². The molecule has 0 saturated carbocycles. The van der Waals surface area contributed by atoms with Crippen LogP contribution in [0.5, 0.6) is 17.2 Å². The number of hydrogen-bond acceptors (Lipinski definition) is 8. The van der Waals surface area contributed by atoms with E-state index in [-0.39, 0.29) is 39.8 Å². The number of anilines is 1. The summed E-state index contributed by atoms with van der Waals surface area (Å²) in [6, 6.07) is 15.2. The van der Waals surface area contributed by atoms with Gasteiger partial charge in [-0.3, -0.25) is 4.79 Å². The molecule has 3 aromatic carbocycles. The zero-order chi connectivity index (χ0) is 27.9. The van der Waals surface area contributed by atoms with Gasteiger partial charge in [0.15, 0.2) is 11.5 Å². The molecule has 0 spiro atoms. The van der Waals surface area contributed by atoms with E-state index >= 15 is 0 Å². The SMILES string of the molecule is COC(=O)c1cc(OC)c(OC)cc1NC(=O)C(Cc1ccccc1)NS(=O)(=O)c1cc(C)ccc1OC. The standard InChI is InChI=1S/C27H30N2O8S/c1-17-11-12-22(34-2)25(13-17)38(32,33)29-21(14-18-9-7-6-8-10-18)26(30)28-20-16-24(36-4)23(35-3)15-19(20)27(31)37-5/h6-13,15-16,21,29H,14H2,1-5H3,(H,28,30). The summed E-state index contributed by atoms with van der Waals surface area (Å²) in [4.78, 5) is 25.9. The van der Waals surface area contributed by atoms with Crippen molar-refractivity contribution in [3.05, 3.63) is 77.4 Å². The van der Waals surface area contributed by atoms with Gasteiger partial charge in [0.1, 0.15) is 16.7 Å². The number of ether oxygens (including phenoxy) is 4. The molecule has 0 saturated heterocycles.